The van der Waals surface area contributed by atoms with Gasteiger partial charge in [-0.05, 0) is 37.1 Å². The molecule has 0 aromatic heterocycles. The molecule has 2 heteroatoms. The van der Waals surface area contributed by atoms with Crippen molar-refractivity contribution in [2.24, 2.45) is 0 Å². The van der Waals surface area contributed by atoms with E-state index >= 15 is 0 Å². The highest BCUT2D eigenvalue weighted by molar-refractivity contribution is 5.29. The van der Waals surface area contributed by atoms with Gasteiger partial charge in [-0.25, -0.2) is 0 Å². The molecule has 1 fully saturated rings. The van der Waals surface area contributed by atoms with Crippen molar-refractivity contribution < 1.29 is 4.74 Å². The van der Waals surface area contributed by atoms with E-state index in [0.29, 0.717) is 12.6 Å². The zero-order valence-corrected chi connectivity index (χ0v) is 8.91. The van der Waals surface area contributed by atoms with Crippen LogP contribution < -0.4 is 10.1 Å². The van der Waals surface area contributed by atoms with E-state index in [1.165, 1.54) is 18.4 Å². The second-order valence-corrected chi connectivity index (χ2v) is 3.82. The topological polar surface area (TPSA) is 21.3 Å². The summed E-state index contributed by atoms with van der Waals surface area (Å²) in [7, 11) is 0. The number of rotatable bonds is 4. The minimum absolute atomic E-state index is 0.540. The fourth-order valence-corrected chi connectivity index (χ4v) is 1.92. The number of hydrogen-bond donors (Lipinski definition) is 1. The monoisotopic (exact) mass is 203 g/mol. The maximum absolute atomic E-state index is 5.43. The van der Waals surface area contributed by atoms with Gasteiger partial charge in [0.05, 0.1) is 0 Å². The van der Waals surface area contributed by atoms with E-state index in [-0.39, 0.29) is 0 Å². The Balaban J connectivity index is 1.99. The molecule has 80 valence electrons. The third-order valence-corrected chi connectivity index (χ3v) is 2.71. The average Bonchev–Trinajstić information content (AvgIpc) is 2.80. The maximum Gasteiger partial charge on any atom is 0.119 e. The molecule has 2 nitrogen and oxygen atoms in total. The van der Waals surface area contributed by atoms with Gasteiger partial charge in [-0.3, -0.25) is 0 Å². The van der Waals surface area contributed by atoms with Gasteiger partial charge in [0.2, 0.25) is 0 Å². The van der Waals surface area contributed by atoms with Crippen LogP contribution in [-0.2, 0) is 0 Å². The predicted molar refractivity (Wildman–Crippen MR) is 62.1 cm³/mol. The Morgan fingerprint density at radius 3 is 2.80 bits per heavy atom. The van der Waals surface area contributed by atoms with Gasteiger partial charge in [0, 0.05) is 6.04 Å². The predicted octanol–water partition coefficient (Wildman–Crippen LogP) is 2.68. The van der Waals surface area contributed by atoms with Gasteiger partial charge >= 0.3 is 0 Å². The number of ether oxygens (including phenoxy) is 1. The summed E-state index contributed by atoms with van der Waals surface area (Å²) in [5.74, 6) is 0.914. The van der Waals surface area contributed by atoms with Gasteiger partial charge < -0.3 is 10.1 Å². The molecule has 0 spiro atoms. The summed E-state index contributed by atoms with van der Waals surface area (Å²) in [6.45, 7) is 5.33. The lowest BCUT2D eigenvalue weighted by Crippen LogP contribution is -2.12. The van der Waals surface area contributed by atoms with Crippen molar-refractivity contribution in [2.45, 2.75) is 18.9 Å². The van der Waals surface area contributed by atoms with E-state index in [4.69, 9.17) is 4.74 Å². The number of benzene rings is 1. The largest absolute Gasteiger partial charge is 0.490 e. The van der Waals surface area contributed by atoms with Crippen molar-refractivity contribution in [2.75, 3.05) is 13.2 Å². The molecule has 1 aliphatic rings. The Labute approximate surface area is 91.0 Å². The van der Waals surface area contributed by atoms with Gasteiger partial charge in [0.25, 0.3) is 0 Å². The molecule has 0 aliphatic carbocycles. The fraction of sp³-hybridized carbons (Fsp3) is 0.385. The molecule has 1 atom stereocenters. The molecule has 1 heterocycles. The van der Waals surface area contributed by atoms with E-state index in [1.807, 2.05) is 12.1 Å². The first-order valence-corrected chi connectivity index (χ1v) is 5.47. The Morgan fingerprint density at radius 1 is 1.40 bits per heavy atom. The smallest absolute Gasteiger partial charge is 0.119 e. The Kier molecular flexibility index (Phi) is 3.41. The van der Waals surface area contributed by atoms with Crippen molar-refractivity contribution in [1.82, 2.24) is 5.32 Å². The number of hydrogen-bond acceptors (Lipinski definition) is 2. The van der Waals surface area contributed by atoms with E-state index < -0.39 is 0 Å². The molecule has 0 radical (unpaired) electrons. The van der Waals surface area contributed by atoms with Crippen LogP contribution in [-0.4, -0.2) is 13.2 Å². The van der Waals surface area contributed by atoms with Crippen molar-refractivity contribution in [3.05, 3.63) is 42.5 Å². The SMILES string of the molecule is C=CCOc1ccc([C@H]2CCCN2)cc1. The summed E-state index contributed by atoms with van der Waals surface area (Å²) in [6.07, 6.45) is 4.28. The second-order valence-electron chi connectivity index (χ2n) is 3.82. The van der Waals surface area contributed by atoms with Gasteiger partial charge in [-0.2, -0.15) is 0 Å². The molecule has 0 amide bonds. The highest BCUT2D eigenvalue weighted by Crippen LogP contribution is 2.24. The van der Waals surface area contributed by atoms with Crippen LogP contribution in [0.5, 0.6) is 5.75 Å². The van der Waals surface area contributed by atoms with Crippen molar-refractivity contribution in [1.29, 1.82) is 0 Å². The van der Waals surface area contributed by atoms with Gasteiger partial charge in [0.1, 0.15) is 12.4 Å². The van der Waals surface area contributed by atoms with Gasteiger partial charge in [-0.15, -0.1) is 0 Å². The molecule has 1 aromatic carbocycles. The molecule has 0 saturated carbocycles. The zero-order valence-electron chi connectivity index (χ0n) is 8.91. The summed E-state index contributed by atoms with van der Waals surface area (Å²) < 4.78 is 5.43. The first-order valence-electron chi connectivity index (χ1n) is 5.47. The van der Waals surface area contributed by atoms with Gasteiger partial charge in [0.15, 0.2) is 0 Å². The van der Waals surface area contributed by atoms with Crippen molar-refractivity contribution in [3.63, 3.8) is 0 Å². The lowest BCUT2D eigenvalue weighted by atomic mass is 10.1. The highest BCUT2D eigenvalue weighted by atomic mass is 16.5. The summed E-state index contributed by atoms with van der Waals surface area (Å²) in [5.41, 5.74) is 1.36. The lowest BCUT2D eigenvalue weighted by molar-refractivity contribution is 0.363. The third-order valence-electron chi connectivity index (χ3n) is 2.71. The lowest BCUT2D eigenvalue weighted by Gasteiger charge is -2.11. The van der Waals surface area contributed by atoms with Crippen LogP contribution in [0.4, 0.5) is 0 Å². The molecule has 1 saturated heterocycles. The standard InChI is InChI=1S/C13H17NO/c1-2-10-15-12-7-5-11(6-8-12)13-4-3-9-14-13/h2,5-8,13-14H,1,3-4,9-10H2/t13-/m1/s1. The number of nitrogens with one attached hydrogen (secondary N) is 1. The average molecular weight is 203 g/mol. The maximum atomic E-state index is 5.43. The van der Waals surface area contributed by atoms with Crippen LogP contribution >= 0.6 is 0 Å². The van der Waals surface area contributed by atoms with Crippen LogP contribution in [0.15, 0.2) is 36.9 Å². The second kappa shape index (κ2) is 4.99. The Morgan fingerprint density at radius 2 is 2.20 bits per heavy atom. The summed E-state index contributed by atoms with van der Waals surface area (Å²) in [5, 5.41) is 3.48. The van der Waals surface area contributed by atoms with E-state index in [9.17, 15) is 0 Å². The normalized spacial score (nSPS) is 20.1. The molecule has 0 unspecified atom stereocenters. The molecular weight excluding hydrogens is 186 g/mol. The molecule has 1 N–H and O–H groups in total. The summed E-state index contributed by atoms with van der Waals surface area (Å²) >= 11 is 0. The quantitative estimate of drug-likeness (QED) is 0.760. The zero-order chi connectivity index (χ0) is 10.5. The molecule has 0 bridgehead atoms. The molecule has 1 aromatic rings. The Hall–Kier alpha value is -1.28. The van der Waals surface area contributed by atoms with Crippen LogP contribution in [0.1, 0.15) is 24.4 Å². The van der Waals surface area contributed by atoms with Crippen molar-refractivity contribution >= 4 is 0 Å². The van der Waals surface area contributed by atoms with Crippen molar-refractivity contribution in [3.8, 4) is 5.75 Å². The molecule has 15 heavy (non-hydrogen) atoms. The summed E-state index contributed by atoms with van der Waals surface area (Å²) in [4.78, 5) is 0. The molecule has 2 rings (SSSR count). The van der Waals surface area contributed by atoms with Crippen LogP contribution in [0.25, 0.3) is 0 Å². The first-order chi connectivity index (χ1) is 7.40. The van der Waals surface area contributed by atoms with Crippen LogP contribution in [0.3, 0.4) is 0 Å². The third kappa shape index (κ3) is 2.60. The minimum atomic E-state index is 0.540. The van der Waals surface area contributed by atoms with E-state index in [2.05, 4.69) is 24.0 Å². The van der Waals surface area contributed by atoms with Gasteiger partial charge in [-0.1, -0.05) is 24.8 Å². The van der Waals surface area contributed by atoms with E-state index in [0.717, 1.165) is 12.3 Å². The van der Waals surface area contributed by atoms with E-state index in [1.54, 1.807) is 6.08 Å². The Bertz CT molecular complexity index is 312. The van der Waals surface area contributed by atoms with Crippen LogP contribution in [0, 0.1) is 0 Å². The first kappa shape index (κ1) is 10.2. The fourth-order valence-electron chi connectivity index (χ4n) is 1.92. The highest BCUT2D eigenvalue weighted by Gasteiger charge is 2.15. The minimum Gasteiger partial charge on any atom is -0.490 e. The molecule has 1 aliphatic heterocycles. The molecular formula is C13H17NO. The van der Waals surface area contributed by atoms with Crippen LogP contribution in [0.2, 0.25) is 0 Å². The summed E-state index contributed by atoms with van der Waals surface area (Å²) in [6, 6.07) is 8.87.